The summed E-state index contributed by atoms with van der Waals surface area (Å²) >= 11 is 0. The molecule has 1 fully saturated rings. The third-order valence-corrected chi connectivity index (χ3v) is 3.62. The molecule has 0 aliphatic heterocycles. The summed E-state index contributed by atoms with van der Waals surface area (Å²) in [6.45, 7) is 1.73. The van der Waals surface area contributed by atoms with Gasteiger partial charge in [-0.1, -0.05) is 12.1 Å². The Balaban J connectivity index is 1.57. The molecule has 102 valence electrons. The van der Waals surface area contributed by atoms with Gasteiger partial charge in [0.05, 0.1) is 17.3 Å². The van der Waals surface area contributed by atoms with Crippen molar-refractivity contribution in [2.24, 2.45) is 0 Å². The van der Waals surface area contributed by atoms with Gasteiger partial charge in [-0.05, 0) is 43.7 Å². The van der Waals surface area contributed by atoms with E-state index in [9.17, 15) is 0 Å². The Morgan fingerprint density at radius 2 is 2.05 bits per heavy atom. The lowest BCUT2D eigenvalue weighted by Gasteiger charge is -2.15. The van der Waals surface area contributed by atoms with Crippen LogP contribution in [-0.2, 0) is 13.1 Å². The Kier molecular flexibility index (Phi) is 3.53. The molecule has 1 heterocycles. The average Bonchev–Trinajstić information content (AvgIpc) is 3.20. The molecule has 0 amide bonds. The molecule has 0 radical (unpaired) electrons. The molecule has 4 nitrogen and oxygen atoms in total. The number of nitriles is 1. The van der Waals surface area contributed by atoms with Crippen molar-refractivity contribution < 1.29 is 0 Å². The van der Waals surface area contributed by atoms with Gasteiger partial charge in [-0.15, -0.1) is 0 Å². The van der Waals surface area contributed by atoms with E-state index >= 15 is 0 Å². The van der Waals surface area contributed by atoms with Crippen LogP contribution in [-0.4, -0.2) is 22.1 Å². The smallest absolute Gasteiger partial charge is 0.0991 e. The van der Waals surface area contributed by atoms with Gasteiger partial charge in [-0.3, -0.25) is 10.00 Å². The van der Waals surface area contributed by atoms with Crippen molar-refractivity contribution in [3.05, 3.63) is 52.8 Å². The molecule has 1 aliphatic rings. The van der Waals surface area contributed by atoms with Crippen molar-refractivity contribution in [2.75, 3.05) is 7.05 Å². The zero-order valence-electron chi connectivity index (χ0n) is 11.6. The van der Waals surface area contributed by atoms with Crippen LogP contribution in [0.25, 0.3) is 0 Å². The van der Waals surface area contributed by atoms with Crippen LogP contribution in [0.5, 0.6) is 0 Å². The van der Waals surface area contributed by atoms with Crippen LogP contribution in [0.4, 0.5) is 0 Å². The largest absolute Gasteiger partial charge is 0.296 e. The first-order valence-corrected chi connectivity index (χ1v) is 6.96. The summed E-state index contributed by atoms with van der Waals surface area (Å²) in [5.41, 5.74) is 4.31. The molecule has 4 heteroatoms. The molecular formula is C16H18N4. The van der Waals surface area contributed by atoms with Crippen LogP contribution in [0.1, 0.15) is 41.3 Å². The standard InChI is InChI=1S/C16H18N4/c1-20(10-13-4-2-12(9-17)3-5-13)11-15-8-16(19-18-15)14-6-7-14/h2-5,8,14H,6-7,10-11H2,1H3,(H,18,19). The molecule has 20 heavy (non-hydrogen) atoms. The first-order valence-electron chi connectivity index (χ1n) is 6.96. The lowest BCUT2D eigenvalue weighted by atomic mass is 10.1. The van der Waals surface area contributed by atoms with Crippen molar-refractivity contribution in [2.45, 2.75) is 31.8 Å². The monoisotopic (exact) mass is 266 g/mol. The van der Waals surface area contributed by atoms with Gasteiger partial charge in [-0.2, -0.15) is 10.4 Å². The number of hydrogen-bond donors (Lipinski definition) is 1. The van der Waals surface area contributed by atoms with Crippen LogP contribution >= 0.6 is 0 Å². The van der Waals surface area contributed by atoms with Crippen molar-refractivity contribution in [3.63, 3.8) is 0 Å². The molecular weight excluding hydrogens is 248 g/mol. The second-order valence-corrected chi connectivity index (χ2v) is 5.57. The predicted octanol–water partition coefficient (Wildman–Crippen LogP) is 2.79. The molecule has 3 rings (SSSR count). The molecule has 1 aromatic heterocycles. The van der Waals surface area contributed by atoms with Crippen LogP contribution in [0.2, 0.25) is 0 Å². The van der Waals surface area contributed by atoms with E-state index in [2.05, 4.69) is 34.3 Å². The van der Waals surface area contributed by atoms with Gasteiger partial charge in [0.2, 0.25) is 0 Å². The lowest BCUT2D eigenvalue weighted by Crippen LogP contribution is -2.17. The fourth-order valence-electron chi connectivity index (χ4n) is 2.39. The fraction of sp³-hybridized carbons (Fsp3) is 0.375. The van der Waals surface area contributed by atoms with E-state index in [-0.39, 0.29) is 0 Å². The van der Waals surface area contributed by atoms with Gasteiger partial charge in [0.25, 0.3) is 0 Å². The van der Waals surface area contributed by atoms with E-state index in [0.29, 0.717) is 11.5 Å². The Labute approximate surface area is 119 Å². The second kappa shape index (κ2) is 5.48. The highest BCUT2D eigenvalue weighted by atomic mass is 15.2. The number of aromatic nitrogens is 2. The number of benzene rings is 1. The number of nitrogens with zero attached hydrogens (tertiary/aromatic N) is 3. The molecule has 1 saturated carbocycles. The normalized spacial score (nSPS) is 14.4. The van der Waals surface area contributed by atoms with E-state index in [4.69, 9.17) is 5.26 Å². The summed E-state index contributed by atoms with van der Waals surface area (Å²) < 4.78 is 0. The molecule has 0 saturated heterocycles. The molecule has 0 bridgehead atoms. The zero-order chi connectivity index (χ0) is 13.9. The summed E-state index contributed by atoms with van der Waals surface area (Å²) in [5.74, 6) is 0.698. The highest BCUT2D eigenvalue weighted by molar-refractivity contribution is 5.31. The highest BCUT2D eigenvalue weighted by Gasteiger charge is 2.26. The molecule has 1 aliphatic carbocycles. The molecule has 2 aromatic rings. The van der Waals surface area contributed by atoms with E-state index in [1.54, 1.807) is 0 Å². The summed E-state index contributed by atoms with van der Waals surface area (Å²) in [6.07, 6.45) is 2.57. The van der Waals surface area contributed by atoms with Gasteiger partial charge in [-0.25, -0.2) is 0 Å². The Morgan fingerprint density at radius 1 is 1.30 bits per heavy atom. The molecule has 0 spiro atoms. The van der Waals surface area contributed by atoms with Crippen LogP contribution in [0, 0.1) is 11.3 Å². The van der Waals surface area contributed by atoms with Gasteiger partial charge in [0, 0.05) is 24.7 Å². The summed E-state index contributed by atoms with van der Waals surface area (Å²) in [6, 6.07) is 12.1. The van der Waals surface area contributed by atoms with Crippen LogP contribution in [0.3, 0.4) is 0 Å². The van der Waals surface area contributed by atoms with Gasteiger partial charge in [0.15, 0.2) is 0 Å². The van der Waals surface area contributed by atoms with Crippen LogP contribution < -0.4 is 0 Å². The van der Waals surface area contributed by atoms with Crippen molar-refractivity contribution in [1.29, 1.82) is 5.26 Å². The summed E-state index contributed by atoms with van der Waals surface area (Å²) in [4.78, 5) is 2.24. The third-order valence-electron chi connectivity index (χ3n) is 3.62. The number of rotatable bonds is 5. The second-order valence-electron chi connectivity index (χ2n) is 5.57. The minimum Gasteiger partial charge on any atom is -0.296 e. The van der Waals surface area contributed by atoms with Gasteiger partial charge < -0.3 is 0 Å². The van der Waals surface area contributed by atoms with Crippen molar-refractivity contribution in [3.8, 4) is 6.07 Å². The van der Waals surface area contributed by atoms with E-state index < -0.39 is 0 Å². The minimum atomic E-state index is 0.698. The maximum Gasteiger partial charge on any atom is 0.0991 e. The predicted molar refractivity (Wildman–Crippen MR) is 76.9 cm³/mol. The lowest BCUT2D eigenvalue weighted by molar-refractivity contribution is 0.315. The van der Waals surface area contributed by atoms with E-state index in [1.165, 1.54) is 29.8 Å². The molecule has 1 N–H and O–H groups in total. The zero-order valence-corrected chi connectivity index (χ0v) is 11.6. The SMILES string of the molecule is CN(Cc1ccc(C#N)cc1)Cc1cc(C2CC2)n[nH]1. The minimum absolute atomic E-state index is 0.698. The summed E-state index contributed by atoms with van der Waals surface area (Å²) in [7, 11) is 2.09. The topological polar surface area (TPSA) is 55.7 Å². The Morgan fingerprint density at radius 3 is 2.70 bits per heavy atom. The van der Waals surface area contributed by atoms with Crippen molar-refractivity contribution in [1.82, 2.24) is 15.1 Å². The van der Waals surface area contributed by atoms with Gasteiger partial charge >= 0.3 is 0 Å². The third kappa shape index (κ3) is 3.06. The fourth-order valence-corrected chi connectivity index (χ4v) is 2.39. The number of aromatic amines is 1. The molecule has 0 atom stereocenters. The molecule has 0 unspecified atom stereocenters. The Bertz CT molecular complexity index is 617. The average molecular weight is 266 g/mol. The summed E-state index contributed by atoms with van der Waals surface area (Å²) in [5, 5.41) is 16.3. The van der Waals surface area contributed by atoms with Gasteiger partial charge in [0.1, 0.15) is 0 Å². The van der Waals surface area contributed by atoms with Crippen LogP contribution in [0.15, 0.2) is 30.3 Å². The number of hydrogen-bond acceptors (Lipinski definition) is 3. The maximum absolute atomic E-state index is 8.79. The first-order chi connectivity index (χ1) is 9.74. The Hall–Kier alpha value is -2.12. The first kappa shape index (κ1) is 12.9. The van der Waals surface area contributed by atoms with Crippen molar-refractivity contribution >= 4 is 0 Å². The molecule has 1 aromatic carbocycles. The number of nitrogens with one attached hydrogen (secondary N) is 1. The quantitative estimate of drug-likeness (QED) is 0.905. The highest BCUT2D eigenvalue weighted by Crippen LogP contribution is 2.39. The van der Waals surface area contributed by atoms with E-state index in [1.807, 2.05) is 24.3 Å². The maximum atomic E-state index is 8.79. The number of H-pyrrole nitrogens is 1. The van der Waals surface area contributed by atoms with E-state index in [0.717, 1.165) is 13.1 Å².